The van der Waals surface area contributed by atoms with Crippen LogP contribution in [0, 0.1) is 46.3 Å². The van der Waals surface area contributed by atoms with Crippen molar-refractivity contribution >= 4 is 5.91 Å². The first-order chi connectivity index (χ1) is 15.1. The van der Waals surface area contributed by atoms with Gasteiger partial charge in [0.15, 0.2) is 0 Å². The first kappa shape index (κ1) is 24.5. The zero-order chi connectivity index (χ0) is 23.3. The van der Waals surface area contributed by atoms with E-state index in [9.17, 15) is 9.90 Å². The first-order valence-electron chi connectivity index (χ1n) is 13.6. The van der Waals surface area contributed by atoms with Crippen LogP contribution in [0.25, 0.3) is 0 Å². The molecule has 0 aromatic carbocycles. The highest BCUT2D eigenvalue weighted by molar-refractivity contribution is 5.74. The van der Waals surface area contributed by atoms with E-state index in [1.165, 1.54) is 50.0 Å². The summed E-state index contributed by atoms with van der Waals surface area (Å²) in [7, 11) is 3.28. The van der Waals surface area contributed by atoms with Gasteiger partial charge in [-0.05, 0) is 117 Å². The van der Waals surface area contributed by atoms with E-state index in [1.54, 1.807) is 14.2 Å². The fraction of sp³-hybridized carbons (Fsp3) is 0.964. The van der Waals surface area contributed by atoms with Gasteiger partial charge < -0.3 is 5.11 Å². The molecule has 0 radical (unpaired) electrons. The minimum absolute atomic E-state index is 0.0957. The lowest BCUT2D eigenvalue weighted by Gasteiger charge is -2.62. The van der Waals surface area contributed by atoms with Crippen LogP contribution >= 0.6 is 0 Å². The van der Waals surface area contributed by atoms with Crippen LogP contribution in [0.5, 0.6) is 0 Å². The molecule has 0 spiro atoms. The molecule has 4 saturated carbocycles. The highest BCUT2D eigenvalue weighted by Gasteiger charge is 2.61. The predicted molar refractivity (Wildman–Crippen MR) is 129 cm³/mol. The van der Waals surface area contributed by atoms with E-state index < -0.39 is 5.60 Å². The molecule has 0 aromatic heterocycles. The maximum atomic E-state index is 12.3. The van der Waals surface area contributed by atoms with Gasteiger partial charge in [-0.15, -0.1) is 0 Å². The van der Waals surface area contributed by atoms with Crippen molar-refractivity contribution in [2.75, 3.05) is 14.2 Å². The van der Waals surface area contributed by atoms with E-state index in [2.05, 4.69) is 27.7 Å². The summed E-state index contributed by atoms with van der Waals surface area (Å²) in [5, 5.41) is 12.4. The van der Waals surface area contributed by atoms with Gasteiger partial charge in [0.25, 0.3) is 0 Å². The molecule has 184 valence electrons. The topological polar surface area (TPSA) is 49.8 Å². The number of hydrogen-bond acceptors (Lipinski definition) is 3. The molecule has 1 N–H and O–H groups in total. The van der Waals surface area contributed by atoms with Crippen molar-refractivity contribution in [3.05, 3.63) is 0 Å². The quantitative estimate of drug-likeness (QED) is 0.492. The summed E-state index contributed by atoms with van der Waals surface area (Å²) in [6, 6.07) is 0. The summed E-state index contributed by atoms with van der Waals surface area (Å²) in [6.07, 6.45) is 13.9. The van der Waals surface area contributed by atoms with Gasteiger partial charge in [0.1, 0.15) is 0 Å². The molecule has 0 unspecified atom stereocenters. The summed E-state index contributed by atoms with van der Waals surface area (Å²) in [5.41, 5.74) is 0.480. The molecule has 0 bridgehead atoms. The number of nitrogens with zero attached hydrogens (tertiary/aromatic N) is 1. The van der Waals surface area contributed by atoms with Crippen LogP contribution in [0.1, 0.15) is 105 Å². The van der Waals surface area contributed by atoms with Crippen LogP contribution in [0.3, 0.4) is 0 Å². The van der Waals surface area contributed by atoms with E-state index in [0.29, 0.717) is 29.1 Å². The van der Waals surface area contributed by atoms with Crippen LogP contribution < -0.4 is 0 Å². The third kappa shape index (κ3) is 3.96. The molecule has 4 fully saturated rings. The molecule has 0 aliphatic heterocycles. The summed E-state index contributed by atoms with van der Waals surface area (Å²) in [6.45, 7) is 9.77. The van der Waals surface area contributed by atoms with Crippen LogP contribution in [0.2, 0.25) is 0 Å². The Hall–Kier alpha value is -0.610. The molecule has 4 aliphatic carbocycles. The molecule has 0 aromatic rings. The Bertz CT molecular complexity index is 696. The van der Waals surface area contributed by atoms with E-state index in [-0.39, 0.29) is 5.91 Å². The van der Waals surface area contributed by atoms with Crippen molar-refractivity contribution in [1.82, 2.24) is 5.06 Å². The number of carbonyl (C=O) groups is 1. The summed E-state index contributed by atoms with van der Waals surface area (Å²) in [4.78, 5) is 17.3. The Balaban J connectivity index is 1.44. The highest BCUT2D eigenvalue weighted by Crippen LogP contribution is 2.69. The average Bonchev–Trinajstić information content (AvgIpc) is 3.14. The Kier molecular flexibility index (Phi) is 6.80. The SMILES string of the molecule is CC[C@]1(O)CC[C@@]2(C)[C@@H](CC[C@@H]3[C@@H]2CC[C@]2(C)[C@@H]([C@H](C)CCC(=O)N(C)OC)CC[C@@H]32)C1. The van der Waals surface area contributed by atoms with Crippen LogP contribution in [-0.2, 0) is 9.63 Å². The number of hydrogen-bond donors (Lipinski definition) is 1. The molecule has 4 heteroatoms. The number of aliphatic hydroxyl groups is 1. The van der Waals surface area contributed by atoms with Gasteiger partial charge in [-0.2, -0.15) is 0 Å². The van der Waals surface area contributed by atoms with Gasteiger partial charge in [-0.3, -0.25) is 9.63 Å². The molecule has 4 rings (SSSR count). The van der Waals surface area contributed by atoms with Crippen molar-refractivity contribution in [1.29, 1.82) is 0 Å². The smallest absolute Gasteiger partial charge is 0.245 e. The number of hydroxylamine groups is 2. The molecular weight excluding hydrogens is 398 g/mol. The van der Waals surface area contributed by atoms with Crippen molar-refractivity contribution in [2.45, 2.75) is 110 Å². The van der Waals surface area contributed by atoms with Crippen molar-refractivity contribution in [3.8, 4) is 0 Å². The standard InChI is InChI=1S/C28H49NO3/c1-7-28(31)17-16-26(3)20(18-28)9-10-21-23-12-11-22(27(23,4)15-14-24(21)26)19(2)8-13-25(30)29(5)32-6/h19-24,31H,7-18H2,1-6H3/t19-,20+,21+,22-,23+,24+,26+,27-,28+/m1/s1. The maximum Gasteiger partial charge on any atom is 0.245 e. The summed E-state index contributed by atoms with van der Waals surface area (Å²) in [5.74, 6) is 4.74. The van der Waals surface area contributed by atoms with E-state index in [0.717, 1.165) is 49.4 Å². The Morgan fingerprint density at radius 2 is 1.78 bits per heavy atom. The molecular formula is C28H49NO3. The van der Waals surface area contributed by atoms with Gasteiger partial charge in [0.2, 0.25) is 5.91 Å². The zero-order valence-corrected chi connectivity index (χ0v) is 21.7. The fourth-order valence-electron chi connectivity index (χ4n) is 9.43. The fourth-order valence-corrected chi connectivity index (χ4v) is 9.43. The van der Waals surface area contributed by atoms with Crippen molar-refractivity contribution in [2.24, 2.45) is 46.3 Å². The largest absolute Gasteiger partial charge is 0.390 e. The third-order valence-electron chi connectivity index (χ3n) is 11.7. The Labute approximate surface area is 196 Å². The lowest BCUT2D eigenvalue weighted by atomic mass is 9.43. The predicted octanol–water partition coefficient (Wildman–Crippen LogP) is 6.22. The molecule has 1 amide bonds. The Morgan fingerprint density at radius 3 is 2.47 bits per heavy atom. The number of amides is 1. The number of fused-ring (bicyclic) bond motifs is 5. The van der Waals surface area contributed by atoms with E-state index >= 15 is 0 Å². The van der Waals surface area contributed by atoms with Gasteiger partial charge in [-0.1, -0.05) is 27.7 Å². The molecule has 0 heterocycles. The maximum absolute atomic E-state index is 12.3. The lowest BCUT2D eigenvalue weighted by molar-refractivity contribution is -0.169. The van der Waals surface area contributed by atoms with Crippen LogP contribution in [0.15, 0.2) is 0 Å². The second kappa shape index (κ2) is 8.87. The normalized spacial score (nSPS) is 46.7. The van der Waals surface area contributed by atoms with Gasteiger partial charge in [0.05, 0.1) is 12.7 Å². The van der Waals surface area contributed by atoms with Gasteiger partial charge in [0, 0.05) is 13.5 Å². The molecule has 32 heavy (non-hydrogen) atoms. The lowest BCUT2D eigenvalue weighted by Crippen LogP contribution is -2.56. The van der Waals surface area contributed by atoms with E-state index in [4.69, 9.17) is 4.84 Å². The molecule has 0 saturated heterocycles. The minimum atomic E-state index is -0.400. The zero-order valence-electron chi connectivity index (χ0n) is 21.7. The van der Waals surface area contributed by atoms with Crippen molar-refractivity contribution in [3.63, 3.8) is 0 Å². The van der Waals surface area contributed by atoms with Gasteiger partial charge >= 0.3 is 0 Å². The van der Waals surface area contributed by atoms with Crippen molar-refractivity contribution < 1.29 is 14.7 Å². The molecule has 4 aliphatic rings. The Morgan fingerprint density at radius 1 is 1.06 bits per heavy atom. The van der Waals surface area contributed by atoms with Gasteiger partial charge in [-0.25, -0.2) is 5.06 Å². The number of carbonyl (C=O) groups excluding carboxylic acids is 1. The number of rotatable bonds is 6. The van der Waals surface area contributed by atoms with E-state index in [1.807, 2.05) is 0 Å². The second-order valence-corrected chi connectivity index (χ2v) is 12.8. The molecule has 9 atom stereocenters. The monoisotopic (exact) mass is 447 g/mol. The van der Waals surface area contributed by atoms with Crippen LogP contribution in [-0.4, -0.2) is 35.8 Å². The summed E-state index contributed by atoms with van der Waals surface area (Å²) < 4.78 is 0. The minimum Gasteiger partial charge on any atom is -0.390 e. The van der Waals surface area contributed by atoms with Crippen LogP contribution in [0.4, 0.5) is 0 Å². The summed E-state index contributed by atoms with van der Waals surface area (Å²) >= 11 is 0. The highest BCUT2D eigenvalue weighted by atomic mass is 16.7. The third-order valence-corrected chi connectivity index (χ3v) is 11.7. The average molecular weight is 448 g/mol. The second-order valence-electron chi connectivity index (χ2n) is 12.8. The first-order valence-corrected chi connectivity index (χ1v) is 13.6. The molecule has 4 nitrogen and oxygen atoms in total.